The van der Waals surface area contributed by atoms with Crippen molar-refractivity contribution in [2.45, 2.75) is 66.7 Å². The van der Waals surface area contributed by atoms with Gasteiger partial charge < -0.3 is 30.1 Å². The summed E-state index contributed by atoms with van der Waals surface area (Å²) in [4.78, 5) is 61.7. The van der Waals surface area contributed by atoms with Gasteiger partial charge in [0.25, 0.3) is 11.8 Å². The molecule has 0 unspecified atom stereocenters. The standard InChI is InChI=1S/C40H50N14O6/c1-8-53-29(17-23(3)48-53)37(57)46-39-44-27-19-25(36(42)56)20-32(60-16-12-13-33(55)50(6)43-5)35(27)52(39)15-11-10-14-51-34-28(21-26(41)22-31(34)59-7)45-40(51)47-38(58)30-18-24(4)49-54(30)9-2/h10-11,17-22,43H,8-9,12-16,41H2,1-7H3,(H2,42,56)(H,44,46,57)(H,45,47,58)/b11-10+. The van der Waals surface area contributed by atoms with Crippen LogP contribution in [0.4, 0.5) is 17.6 Å². The molecule has 4 amide bonds. The first-order valence-corrected chi connectivity index (χ1v) is 19.4. The quantitative estimate of drug-likeness (QED) is 0.0361. The van der Waals surface area contributed by atoms with Gasteiger partial charge in [0.1, 0.15) is 33.9 Å². The van der Waals surface area contributed by atoms with Gasteiger partial charge in [0.2, 0.25) is 23.7 Å². The Hall–Kier alpha value is -7.22. The lowest BCUT2D eigenvalue weighted by molar-refractivity contribution is -0.132. The summed E-state index contributed by atoms with van der Waals surface area (Å²) in [6, 6.07) is 9.82. The third-order valence-corrected chi connectivity index (χ3v) is 9.70. The number of nitrogens with zero attached hydrogens (tertiary/aromatic N) is 9. The van der Waals surface area contributed by atoms with Crippen LogP contribution < -0.4 is 37.0 Å². The minimum absolute atomic E-state index is 0.129. The molecule has 0 aliphatic heterocycles. The molecule has 60 heavy (non-hydrogen) atoms. The Morgan fingerprint density at radius 2 is 1.33 bits per heavy atom. The van der Waals surface area contributed by atoms with Gasteiger partial charge in [-0.3, -0.25) is 44.2 Å². The Bertz CT molecular complexity index is 2620. The number of nitrogens with one attached hydrogen (secondary N) is 3. The van der Waals surface area contributed by atoms with Crippen LogP contribution in [0.3, 0.4) is 0 Å². The number of hydrazine groups is 1. The maximum absolute atomic E-state index is 13.8. The second-order valence-corrected chi connectivity index (χ2v) is 13.9. The third kappa shape index (κ3) is 8.92. The number of nitrogens with two attached hydrogens (primary N) is 2. The molecule has 20 heteroatoms. The number of rotatable bonds is 18. The minimum Gasteiger partial charge on any atom is -0.494 e. The normalized spacial score (nSPS) is 11.4. The topological polar surface area (TPSA) is 249 Å². The number of hydrogen-bond acceptors (Lipinski definition) is 12. The Labute approximate surface area is 345 Å². The lowest BCUT2D eigenvalue weighted by atomic mass is 10.1. The van der Waals surface area contributed by atoms with Crippen LogP contribution in [-0.4, -0.2) is 95.1 Å². The maximum atomic E-state index is 13.8. The number of primary amides is 1. The van der Waals surface area contributed by atoms with Crippen molar-refractivity contribution in [3.63, 3.8) is 0 Å². The van der Waals surface area contributed by atoms with Crippen molar-refractivity contribution in [1.82, 2.24) is 49.1 Å². The molecule has 0 aliphatic carbocycles. The van der Waals surface area contributed by atoms with Gasteiger partial charge in [0.15, 0.2) is 0 Å². The van der Waals surface area contributed by atoms with Gasteiger partial charge in [-0.25, -0.2) is 15.4 Å². The Morgan fingerprint density at radius 3 is 1.83 bits per heavy atom. The number of imidazole rings is 2. The van der Waals surface area contributed by atoms with Crippen LogP contribution in [0.5, 0.6) is 11.5 Å². The van der Waals surface area contributed by atoms with E-state index < -0.39 is 17.7 Å². The first kappa shape index (κ1) is 42.4. The van der Waals surface area contributed by atoms with E-state index in [9.17, 15) is 19.2 Å². The highest BCUT2D eigenvalue weighted by atomic mass is 16.5. The van der Waals surface area contributed by atoms with E-state index in [0.717, 1.165) is 0 Å². The maximum Gasteiger partial charge on any atom is 0.276 e. The molecule has 0 spiro atoms. The average Bonchev–Trinajstić information content (AvgIpc) is 3.99. The number of hydrogen-bond donors (Lipinski definition) is 5. The predicted molar refractivity (Wildman–Crippen MR) is 226 cm³/mol. The second-order valence-electron chi connectivity index (χ2n) is 13.9. The molecule has 20 nitrogen and oxygen atoms in total. The molecule has 316 valence electrons. The van der Waals surface area contributed by atoms with E-state index in [0.29, 0.717) is 75.8 Å². The first-order valence-electron chi connectivity index (χ1n) is 19.4. The van der Waals surface area contributed by atoms with Gasteiger partial charge in [0.05, 0.1) is 36.1 Å². The zero-order valence-corrected chi connectivity index (χ0v) is 34.7. The summed E-state index contributed by atoms with van der Waals surface area (Å²) >= 11 is 0. The fourth-order valence-electron chi connectivity index (χ4n) is 6.76. The zero-order chi connectivity index (χ0) is 43.2. The first-order chi connectivity index (χ1) is 28.8. The summed E-state index contributed by atoms with van der Waals surface area (Å²) in [5.74, 6) is -0.509. The fourth-order valence-corrected chi connectivity index (χ4v) is 6.76. The number of aryl methyl sites for hydroxylation is 4. The monoisotopic (exact) mass is 822 g/mol. The molecule has 0 atom stereocenters. The number of nitrogen functional groups attached to an aromatic ring is 1. The summed E-state index contributed by atoms with van der Waals surface area (Å²) in [6.45, 7) is 8.86. The van der Waals surface area contributed by atoms with Crippen molar-refractivity contribution in [3.8, 4) is 11.5 Å². The van der Waals surface area contributed by atoms with Crippen molar-refractivity contribution in [2.24, 2.45) is 5.73 Å². The van der Waals surface area contributed by atoms with Gasteiger partial charge >= 0.3 is 0 Å². The van der Waals surface area contributed by atoms with Crippen LogP contribution in [0.15, 0.2) is 48.6 Å². The van der Waals surface area contributed by atoms with Gasteiger partial charge in [-0.15, -0.1) is 0 Å². The van der Waals surface area contributed by atoms with Gasteiger partial charge in [-0.05, 0) is 64.4 Å². The highest BCUT2D eigenvalue weighted by Gasteiger charge is 2.23. The number of benzene rings is 2. The summed E-state index contributed by atoms with van der Waals surface area (Å²) in [7, 11) is 4.80. The average molecular weight is 823 g/mol. The number of anilines is 3. The smallest absolute Gasteiger partial charge is 0.276 e. The van der Waals surface area contributed by atoms with Crippen molar-refractivity contribution in [2.75, 3.05) is 44.2 Å². The Balaban J connectivity index is 1.38. The number of methoxy groups -OCH3 is 1. The van der Waals surface area contributed by atoms with E-state index in [1.165, 1.54) is 24.3 Å². The highest BCUT2D eigenvalue weighted by Crippen LogP contribution is 2.33. The molecular weight excluding hydrogens is 773 g/mol. The van der Waals surface area contributed by atoms with Crippen LogP contribution in [0.1, 0.15) is 69.4 Å². The SMILES string of the molecule is CCn1nc(C)cc1C(=O)Nc1nc2cc(N)cc(OC)c2n1C/C=C/Cn1c(NC(=O)c2cc(C)nn2CC)nc2cc(C(N)=O)cc(OCCCC(=O)N(C)NC)c21. The molecule has 0 saturated carbocycles. The van der Waals surface area contributed by atoms with Crippen molar-refractivity contribution < 1.29 is 28.7 Å². The third-order valence-electron chi connectivity index (χ3n) is 9.70. The molecule has 0 radical (unpaired) electrons. The summed E-state index contributed by atoms with van der Waals surface area (Å²) in [6.07, 6.45) is 4.29. The Morgan fingerprint density at radius 1 is 0.800 bits per heavy atom. The number of allylic oxidation sites excluding steroid dienone is 2. The predicted octanol–water partition coefficient (Wildman–Crippen LogP) is 3.64. The molecule has 6 aromatic rings. The van der Waals surface area contributed by atoms with Crippen molar-refractivity contribution in [1.29, 1.82) is 0 Å². The second kappa shape index (κ2) is 18.1. The molecular formula is C40H50N14O6. The number of amides is 4. The molecule has 0 aliphatic rings. The van der Waals surface area contributed by atoms with Crippen LogP contribution in [0, 0.1) is 13.8 Å². The van der Waals surface area contributed by atoms with E-state index in [1.807, 2.05) is 32.9 Å². The molecule has 7 N–H and O–H groups in total. The van der Waals surface area contributed by atoms with E-state index in [1.54, 1.807) is 63.8 Å². The highest BCUT2D eigenvalue weighted by molar-refractivity contribution is 6.05. The zero-order valence-electron chi connectivity index (χ0n) is 34.7. The minimum atomic E-state index is -0.697. The fraction of sp³-hybridized carbons (Fsp3) is 0.350. The molecule has 0 fully saturated rings. The number of aromatic nitrogens is 8. The van der Waals surface area contributed by atoms with E-state index in [2.05, 4.69) is 26.3 Å². The number of ether oxygens (including phenoxy) is 2. The summed E-state index contributed by atoms with van der Waals surface area (Å²) in [5.41, 5.74) is 19.3. The van der Waals surface area contributed by atoms with E-state index in [-0.39, 0.29) is 55.2 Å². The van der Waals surface area contributed by atoms with Gasteiger partial charge in [0, 0.05) is 64.0 Å². The molecule has 0 bridgehead atoms. The molecule has 6 rings (SSSR count). The molecule has 4 aromatic heterocycles. The molecule has 2 aromatic carbocycles. The van der Waals surface area contributed by atoms with E-state index >= 15 is 0 Å². The lowest BCUT2D eigenvalue weighted by Crippen LogP contribution is -2.36. The summed E-state index contributed by atoms with van der Waals surface area (Å²) in [5, 5.41) is 16.1. The number of fused-ring (bicyclic) bond motifs is 2. The lowest BCUT2D eigenvalue weighted by Gasteiger charge is -2.15. The Kier molecular flexibility index (Phi) is 12.8. The largest absolute Gasteiger partial charge is 0.494 e. The van der Waals surface area contributed by atoms with Gasteiger partial charge in [-0.1, -0.05) is 12.2 Å². The van der Waals surface area contributed by atoms with Crippen LogP contribution in [-0.2, 0) is 31.0 Å². The molecule has 0 saturated heterocycles. The number of carbonyl (C=O) groups excluding carboxylic acids is 4. The molecule has 4 heterocycles. The van der Waals surface area contributed by atoms with Crippen molar-refractivity contribution in [3.05, 3.63) is 76.9 Å². The van der Waals surface area contributed by atoms with Crippen LogP contribution >= 0.6 is 0 Å². The van der Waals surface area contributed by atoms with Crippen LogP contribution in [0.2, 0.25) is 0 Å². The summed E-state index contributed by atoms with van der Waals surface area (Å²) < 4.78 is 18.7. The number of carbonyl (C=O) groups is 4. The van der Waals surface area contributed by atoms with Gasteiger partial charge in [-0.2, -0.15) is 10.2 Å². The van der Waals surface area contributed by atoms with E-state index in [4.69, 9.17) is 30.9 Å². The van der Waals surface area contributed by atoms with Crippen molar-refractivity contribution >= 4 is 63.3 Å². The van der Waals surface area contributed by atoms with Crippen LogP contribution in [0.25, 0.3) is 22.1 Å².